The van der Waals surface area contributed by atoms with Crippen molar-refractivity contribution in [2.24, 2.45) is 0 Å². The van der Waals surface area contributed by atoms with Gasteiger partial charge in [0.15, 0.2) is 5.82 Å². The minimum Gasteiger partial charge on any atom is -0.349 e. The van der Waals surface area contributed by atoms with Gasteiger partial charge in [-0.3, -0.25) is 4.79 Å². The largest absolute Gasteiger partial charge is 0.349 e. The Kier molecular flexibility index (Phi) is 5.57. The summed E-state index contributed by atoms with van der Waals surface area (Å²) in [6, 6.07) is 6.18. The van der Waals surface area contributed by atoms with Crippen LogP contribution in [0.3, 0.4) is 0 Å². The van der Waals surface area contributed by atoms with Crippen LogP contribution in [0.4, 0.5) is 10.2 Å². The highest BCUT2D eigenvalue weighted by atomic mass is 79.9. The Morgan fingerprint density at radius 3 is 2.50 bits per heavy atom. The molecule has 5 nitrogen and oxygen atoms in total. The Morgan fingerprint density at radius 2 is 1.88 bits per heavy atom. The summed E-state index contributed by atoms with van der Waals surface area (Å²) in [5, 5.41) is 0. The molecule has 1 aromatic heterocycles. The number of aromatic nitrogens is 2. The third-order valence-electron chi connectivity index (χ3n) is 3.99. The maximum absolute atomic E-state index is 13.0. The number of rotatable bonds is 4. The van der Waals surface area contributed by atoms with Crippen molar-refractivity contribution < 1.29 is 4.39 Å². The molecule has 1 aliphatic rings. The van der Waals surface area contributed by atoms with Crippen molar-refractivity contribution in [3.05, 3.63) is 56.8 Å². The maximum Gasteiger partial charge on any atom is 0.293 e. The van der Waals surface area contributed by atoms with Gasteiger partial charge in [-0.1, -0.05) is 24.1 Å². The molecule has 8 heteroatoms. The van der Waals surface area contributed by atoms with Gasteiger partial charge in [0.25, 0.3) is 5.56 Å². The molecule has 0 bridgehead atoms. The van der Waals surface area contributed by atoms with Crippen molar-refractivity contribution in [3.63, 3.8) is 0 Å². The third-order valence-corrected chi connectivity index (χ3v) is 5.25. The van der Waals surface area contributed by atoms with Crippen LogP contribution in [0, 0.1) is 5.82 Å². The standard InChI is InChI=1S/C16H18BrFN4OS/c1-24-22-8-6-20(7-9-22)15-16(23)21(11-14(17)19-15)10-12-2-4-13(18)5-3-12/h2-5,11H,6-10H2,1H3. The molecule has 2 heterocycles. The van der Waals surface area contributed by atoms with Gasteiger partial charge in [-0.15, -0.1) is 0 Å². The first kappa shape index (κ1) is 17.4. The number of nitrogens with zero attached hydrogens (tertiary/aromatic N) is 4. The van der Waals surface area contributed by atoms with E-state index >= 15 is 0 Å². The van der Waals surface area contributed by atoms with E-state index in [2.05, 4.69) is 31.5 Å². The fraction of sp³-hybridized carbons (Fsp3) is 0.375. The van der Waals surface area contributed by atoms with Gasteiger partial charge in [-0.25, -0.2) is 13.7 Å². The molecule has 3 rings (SSSR count). The number of hydrogen-bond donors (Lipinski definition) is 0. The molecule has 1 aliphatic heterocycles. The summed E-state index contributed by atoms with van der Waals surface area (Å²) in [5.41, 5.74) is 0.745. The second-order valence-electron chi connectivity index (χ2n) is 5.55. The Balaban J connectivity index is 1.85. The Morgan fingerprint density at radius 1 is 1.21 bits per heavy atom. The summed E-state index contributed by atoms with van der Waals surface area (Å²) in [6.45, 7) is 3.73. The van der Waals surface area contributed by atoms with E-state index in [1.165, 1.54) is 12.1 Å². The summed E-state index contributed by atoms with van der Waals surface area (Å²) in [7, 11) is 0. The van der Waals surface area contributed by atoms with Crippen molar-refractivity contribution in [1.82, 2.24) is 13.9 Å². The van der Waals surface area contributed by atoms with Crippen LogP contribution >= 0.6 is 27.9 Å². The van der Waals surface area contributed by atoms with Crippen LogP contribution in [0.25, 0.3) is 0 Å². The zero-order valence-corrected chi connectivity index (χ0v) is 15.7. The van der Waals surface area contributed by atoms with Crippen LogP contribution in [0.1, 0.15) is 5.56 Å². The predicted octanol–water partition coefficient (Wildman–Crippen LogP) is 2.59. The first-order chi connectivity index (χ1) is 11.6. The normalized spacial score (nSPS) is 15.7. The van der Waals surface area contributed by atoms with Crippen LogP contribution < -0.4 is 10.5 Å². The van der Waals surface area contributed by atoms with Crippen LogP contribution in [-0.4, -0.2) is 46.3 Å². The lowest BCUT2D eigenvalue weighted by molar-refractivity contribution is 0.427. The molecule has 1 fully saturated rings. The minimum atomic E-state index is -0.283. The number of piperazine rings is 1. The summed E-state index contributed by atoms with van der Waals surface area (Å²) < 4.78 is 17.5. The molecule has 0 atom stereocenters. The van der Waals surface area contributed by atoms with E-state index in [0.717, 1.165) is 31.7 Å². The first-order valence-corrected chi connectivity index (χ1v) is 9.59. The second-order valence-corrected chi connectivity index (χ2v) is 7.24. The monoisotopic (exact) mass is 412 g/mol. The lowest BCUT2D eigenvalue weighted by Crippen LogP contribution is -2.46. The summed E-state index contributed by atoms with van der Waals surface area (Å²) in [4.78, 5) is 19.2. The van der Waals surface area contributed by atoms with Gasteiger partial charge in [0, 0.05) is 32.4 Å². The van der Waals surface area contributed by atoms with E-state index in [1.807, 2.05) is 4.90 Å². The van der Waals surface area contributed by atoms with E-state index in [9.17, 15) is 9.18 Å². The van der Waals surface area contributed by atoms with Gasteiger partial charge < -0.3 is 9.47 Å². The van der Waals surface area contributed by atoms with Crippen molar-refractivity contribution in [2.45, 2.75) is 6.54 Å². The summed E-state index contributed by atoms with van der Waals surface area (Å²) in [5.74, 6) is 0.182. The van der Waals surface area contributed by atoms with Crippen LogP contribution in [-0.2, 0) is 6.54 Å². The fourth-order valence-corrected chi connectivity index (χ4v) is 3.63. The van der Waals surface area contributed by atoms with Crippen LogP contribution in [0.5, 0.6) is 0 Å². The molecule has 0 unspecified atom stereocenters. The van der Waals surface area contributed by atoms with Gasteiger partial charge in [-0.2, -0.15) is 0 Å². The average Bonchev–Trinajstić information content (AvgIpc) is 2.60. The minimum absolute atomic E-state index is 0.125. The molecule has 0 saturated carbocycles. The van der Waals surface area contributed by atoms with Gasteiger partial charge in [-0.05, 0) is 39.9 Å². The fourth-order valence-electron chi connectivity index (χ4n) is 2.69. The number of halogens is 2. The van der Waals surface area contributed by atoms with Gasteiger partial charge >= 0.3 is 0 Å². The quantitative estimate of drug-likeness (QED) is 0.721. The molecule has 0 spiro atoms. The summed E-state index contributed by atoms with van der Waals surface area (Å²) >= 11 is 5.11. The molecule has 0 radical (unpaired) electrons. The predicted molar refractivity (Wildman–Crippen MR) is 99.0 cm³/mol. The molecular formula is C16H18BrFN4OS. The van der Waals surface area contributed by atoms with E-state index < -0.39 is 0 Å². The first-order valence-electron chi connectivity index (χ1n) is 7.62. The summed E-state index contributed by atoms with van der Waals surface area (Å²) in [6.07, 6.45) is 3.73. The van der Waals surface area contributed by atoms with E-state index in [1.54, 1.807) is 34.8 Å². The zero-order chi connectivity index (χ0) is 17.1. The maximum atomic E-state index is 13.0. The van der Waals surface area contributed by atoms with Gasteiger partial charge in [0.2, 0.25) is 0 Å². The van der Waals surface area contributed by atoms with Crippen LogP contribution in [0.15, 0.2) is 39.9 Å². The van der Waals surface area contributed by atoms with Crippen molar-refractivity contribution in [2.75, 3.05) is 37.3 Å². The highest BCUT2D eigenvalue weighted by molar-refractivity contribution is 9.10. The smallest absolute Gasteiger partial charge is 0.293 e. The Hall–Kier alpha value is -1.38. The Labute approximate surface area is 152 Å². The average molecular weight is 413 g/mol. The molecule has 1 aromatic carbocycles. The molecule has 0 amide bonds. The van der Waals surface area contributed by atoms with Crippen LogP contribution in [0.2, 0.25) is 0 Å². The number of hydrogen-bond acceptors (Lipinski definition) is 5. The molecule has 2 aromatic rings. The van der Waals surface area contributed by atoms with Gasteiger partial charge in [0.1, 0.15) is 10.4 Å². The van der Waals surface area contributed by atoms with Crippen molar-refractivity contribution >= 4 is 33.7 Å². The number of anilines is 1. The van der Waals surface area contributed by atoms with E-state index in [0.29, 0.717) is 17.0 Å². The lowest BCUT2D eigenvalue weighted by atomic mass is 10.2. The molecule has 1 saturated heterocycles. The highest BCUT2D eigenvalue weighted by Crippen LogP contribution is 2.16. The lowest BCUT2D eigenvalue weighted by Gasteiger charge is -2.33. The molecule has 24 heavy (non-hydrogen) atoms. The SMILES string of the molecule is CSN1CCN(c2nc(Br)cn(Cc3ccc(F)cc3)c2=O)CC1. The number of benzene rings is 1. The van der Waals surface area contributed by atoms with Crippen molar-refractivity contribution in [3.8, 4) is 0 Å². The van der Waals surface area contributed by atoms with E-state index in [-0.39, 0.29) is 11.4 Å². The zero-order valence-electron chi connectivity index (χ0n) is 13.3. The molecule has 0 aliphatic carbocycles. The molecule has 128 valence electrons. The molecule has 0 N–H and O–H groups in total. The van der Waals surface area contributed by atoms with E-state index in [4.69, 9.17) is 0 Å². The second kappa shape index (κ2) is 7.67. The van der Waals surface area contributed by atoms with Crippen molar-refractivity contribution in [1.29, 1.82) is 0 Å². The van der Waals surface area contributed by atoms with Gasteiger partial charge in [0.05, 0.1) is 6.54 Å². The highest BCUT2D eigenvalue weighted by Gasteiger charge is 2.21. The third kappa shape index (κ3) is 3.99. The molecular weight excluding hydrogens is 395 g/mol. The Bertz CT molecular complexity index is 760. The topological polar surface area (TPSA) is 41.4 Å².